The predicted octanol–water partition coefficient (Wildman–Crippen LogP) is 2.64. The molecule has 0 bridgehead atoms. The van der Waals surface area contributed by atoms with Gasteiger partial charge in [0.25, 0.3) is 0 Å². The Bertz CT molecular complexity index is 226. The van der Waals surface area contributed by atoms with Crippen LogP contribution in [0.2, 0.25) is 0 Å². The molecule has 1 radical (unpaired) electrons. The van der Waals surface area contributed by atoms with Crippen LogP contribution in [0, 0.1) is 6.42 Å². The standard InChI is InChI=1S/C9H11OS/c1-3-9(7(2)10)8-4-5-11-6-8/h3-6,9H,1-2H3. The maximum absolute atomic E-state index is 11.0. The highest BCUT2D eigenvalue weighted by atomic mass is 32.1. The van der Waals surface area contributed by atoms with E-state index < -0.39 is 0 Å². The molecule has 0 aliphatic carbocycles. The molecule has 1 aromatic heterocycles. The van der Waals surface area contributed by atoms with E-state index in [0.717, 1.165) is 5.56 Å². The van der Waals surface area contributed by atoms with Gasteiger partial charge in [-0.1, -0.05) is 6.92 Å². The molecule has 0 aromatic carbocycles. The van der Waals surface area contributed by atoms with E-state index in [1.165, 1.54) is 0 Å². The van der Waals surface area contributed by atoms with Crippen LogP contribution < -0.4 is 0 Å². The summed E-state index contributed by atoms with van der Waals surface area (Å²) in [6.45, 7) is 3.55. The van der Waals surface area contributed by atoms with Gasteiger partial charge in [0, 0.05) is 5.92 Å². The third-order valence-electron chi connectivity index (χ3n) is 1.67. The first kappa shape index (κ1) is 8.47. The van der Waals surface area contributed by atoms with Crippen molar-refractivity contribution in [2.45, 2.75) is 19.8 Å². The lowest BCUT2D eigenvalue weighted by Gasteiger charge is -2.07. The third-order valence-corrected chi connectivity index (χ3v) is 2.38. The summed E-state index contributed by atoms with van der Waals surface area (Å²) < 4.78 is 0. The minimum Gasteiger partial charge on any atom is -0.299 e. The van der Waals surface area contributed by atoms with E-state index in [2.05, 4.69) is 0 Å². The smallest absolute Gasteiger partial charge is 0.137 e. The minimum atomic E-state index is 0.00116. The first-order valence-electron chi connectivity index (χ1n) is 3.57. The summed E-state index contributed by atoms with van der Waals surface area (Å²) in [7, 11) is 0. The molecule has 0 spiro atoms. The van der Waals surface area contributed by atoms with Gasteiger partial charge in [-0.3, -0.25) is 4.79 Å². The molecule has 0 saturated heterocycles. The summed E-state index contributed by atoms with van der Waals surface area (Å²) >= 11 is 1.63. The molecule has 1 unspecified atom stereocenters. The van der Waals surface area contributed by atoms with Crippen LogP contribution in [-0.2, 0) is 4.79 Å². The van der Waals surface area contributed by atoms with Crippen molar-refractivity contribution in [2.75, 3.05) is 0 Å². The lowest BCUT2D eigenvalue weighted by Crippen LogP contribution is -2.06. The number of rotatable bonds is 3. The number of carbonyl (C=O) groups excluding carboxylic acids is 1. The fourth-order valence-corrected chi connectivity index (χ4v) is 1.81. The molecule has 1 atom stereocenters. The van der Waals surface area contributed by atoms with E-state index in [4.69, 9.17) is 0 Å². The summed E-state index contributed by atoms with van der Waals surface area (Å²) in [5.41, 5.74) is 1.12. The quantitative estimate of drug-likeness (QED) is 0.676. The van der Waals surface area contributed by atoms with Crippen molar-refractivity contribution in [1.82, 2.24) is 0 Å². The molecule has 1 heterocycles. The fraction of sp³-hybridized carbons (Fsp3) is 0.333. The van der Waals surface area contributed by atoms with Gasteiger partial charge in [0.15, 0.2) is 0 Å². The topological polar surface area (TPSA) is 17.1 Å². The Morgan fingerprint density at radius 2 is 2.45 bits per heavy atom. The van der Waals surface area contributed by atoms with Crippen molar-refractivity contribution in [2.24, 2.45) is 0 Å². The lowest BCUT2D eigenvalue weighted by molar-refractivity contribution is -0.117. The Morgan fingerprint density at radius 1 is 1.73 bits per heavy atom. The molecule has 1 aromatic rings. The van der Waals surface area contributed by atoms with Gasteiger partial charge in [0.2, 0.25) is 0 Å². The summed E-state index contributed by atoms with van der Waals surface area (Å²) in [5.74, 6) is 0.215. The number of thiophene rings is 1. The highest BCUT2D eigenvalue weighted by Gasteiger charge is 2.13. The molecule has 59 valence electrons. The molecule has 0 saturated carbocycles. The molecular formula is C9H11OS. The Labute approximate surface area is 71.1 Å². The fourth-order valence-electron chi connectivity index (χ4n) is 1.11. The van der Waals surface area contributed by atoms with Gasteiger partial charge < -0.3 is 0 Å². The second-order valence-corrected chi connectivity index (χ2v) is 3.26. The predicted molar refractivity (Wildman–Crippen MR) is 47.7 cm³/mol. The molecule has 1 nitrogen and oxygen atoms in total. The number of Topliss-reactive ketones (excluding diaryl/α,β-unsaturated/α-hetero) is 1. The molecule has 0 amide bonds. The van der Waals surface area contributed by atoms with Gasteiger partial charge in [-0.2, -0.15) is 11.3 Å². The maximum Gasteiger partial charge on any atom is 0.137 e. The molecule has 2 heteroatoms. The molecule has 0 N–H and O–H groups in total. The van der Waals surface area contributed by atoms with Crippen molar-refractivity contribution < 1.29 is 4.79 Å². The summed E-state index contributed by atoms with van der Waals surface area (Å²) in [4.78, 5) is 11.0. The Morgan fingerprint density at radius 3 is 2.82 bits per heavy atom. The Hall–Kier alpha value is -0.630. The number of carbonyl (C=O) groups is 1. The van der Waals surface area contributed by atoms with Crippen molar-refractivity contribution >= 4 is 17.1 Å². The monoisotopic (exact) mass is 167 g/mol. The van der Waals surface area contributed by atoms with Crippen LogP contribution in [0.3, 0.4) is 0 Å². The summed E-state index contributed by atoms with van der Waals surface area (Å²) in [6, 6.07) is 2.00. The Kier molecular flexibility index (Phi) is 2.83. The van der Waals surface area contributed by atoms with Gasteiger partial charge in [0.1, 0.15) is 5.78 Å². The van der Waals surface area contributed by atoms with E-state index in [9.17, 15) is 4.79 Å². The van der Waals surface area contributed by atoms with Crippen LogP contribution in [0.15, 0.2) is 16.8 Å². The van der Waals surface area contributed by atoms with E-state index in [0.29, 0.717) is 0 Å². The van der Waals surface area contributed by atoms with Crippen LogP contribution in [-0.4, -0.2) is 5.78 Å². The van der Waals surface area contributed by atoms with E-state index in [-0.39, 0.29) is 11.7 Å². The molecule has 11 heavy (non-hydrogen) atoms. The van der Waals surface area contributed by atoms with Crippen LogP contribution in [0.5, 0.6) is 0 Å². The Balaban J connectivity index is 2.79. The zero-order valence-electron chi connectivity index (χ0n) is 6.70. The molecule has 0 fully saturated rings. The number of hydrogen-bond acceptors (Lipinski definition) is 2. The SMILES string of the molecule is C[CH]C(C(C)=O)c1ccsc1. The first-order valence-corrected chi connectivity index (χ1v) is 4.52. The summed E-state index contributed by atoms with van der Waals surface area (Å²) in [6.07, 6.45) is 1.93. The van der Waals surface area contributed by atoms with Gasteiger partial charge in [0.05, 0.1) is 0 Å². The third kappa shape index (κ3) is 1.90. The van der Waals surface area contributed by atoms with Crippen LogP contribution >= 0.6 is 11.3 Å². The number of ketones is 1. The molecule has 1 rings (SSSR count). The molecule has 0 aliphatic heterocycles. The van der Waals surface area contributed by atoms with Gasteiger partial charge >= 0.3 is 0 Å². The molecular weight excluding hydrogens is 156 g/mol. The van der Waals surface area contributed by atoms with E-state index >= 15 is 0 Å². The largest absolute Gasteiger partial charge is 0.299 e. The van der Waals surface area contributed by atoms with Gasteiger partial charge in [-0.15, -0.1) is 0 Å². The van der Waals surface area contributed by atoms with Crippen LogP contribution in [0.1, 0.15) is 25.3 Å². The normalized spacial score (nSPS) is 12.9. The van der Waals surface area contributed by atoms with Crippen molar-refractivity contribution in [3.63, 3.8) is 0 Å². The molecule has 0 aliphatic rings. The second-order valence-electron chi connectivity index (χ2n) is 2.48. The highest BCUT2D eigenvalue weighted by Crippen LogP contribution is 2.21. The zero-order valence-corrected chi connectivity index (χ0v) is 7.52. The van der Waals surface area contributed by atoms with Gasteiger partial charge in [-0.05, 0) is 35.7 Å². The van der Waals surface area contributed by atoms with Crippen molar-refractivity contribution in [3.8, 4) is 0 Å². The highest BCUT2D eigenvalue weighted by molar-refractivity contribution is 7.08. The number of hydrogen-bond donors (Lipinski definition) is 0. The average Bonchev–Trinajstić information content (AvgIpc) is 2.40. The van der Waals surface area contributed by atoms with E-state index in [1.54, 1.807) is 18.3 Å². The minimum absolute atomic E-state index is 0.00116. The maximum atomic E-state index is 11.0. The summed E-state index contributed by atoms with van der Waals surface area (Å²) in [5, 5.41) is 4.01. The van der Waals surface area contributed by atoms with Crippen LogP contribution in [0.25, 0.3) is 0 Å². The van der Waals surface area contributed by atoms with E-state index in [1.807, 2.05) is 30.2 Å². The first-order chi connectivity index (χ1) is 5.25. The average molecular weight is 167 g/mol. The van der Waals surface area contributed by atoms with Crippen molar-refractivity contribution in [1.29, 1.82) is 0 Å². The van der Waals surface area contributed by atoms with Crippen LogP contribution in [0.4, 0.5) is 0 Å². The second kappa shape index (κ2) is 3.67. The zero-order chi connectivity index (χ0) is 8.27. The van der Waals surface area contributed by atoms with Gasteiger partial charge in [-0.25, -0.2) is 0 Å². The lowest BCUT2D eigenvalue weighted by atomic mass is 9.96. The van der Waals surface area contributed by atoms with Crippen molar-refractivity contribution in [3.05, 3.63) is 28.8 Å².